The topological polar surface area (TPSA) is 139 Å². The van der Waals surface area contributed by atoms with E-state index in [1.54, 1.807) is 26.8 Å². The fraction of sp³-hybridized carbons (Fsp3) is 0.440. The molecule has 0 aliphatic heterocycles. The molecule has 3 aromatic rings. The van der Waals surface area contributed by atoms with E-state index in [4.69, 9.17) is 15.9 Å². The van der Waals surface area contributed by atoms with Crippen LogP contribution in [0.3, 0.4) is 0 Å². The number of carbonyl (C=O) groups excluding carboxylic acids is 1. The van der Waals surface area contributed by atoms with Gasteiger partial charge >= 0.3 is 6.09 Å². The molecule has 0 amide bonds. The summed E-state index contributed by atoms with van der Waals surface area (Å²) in [5, 5.41) is 23.1. The number of ether oxygens (including phenoxy) is 1. The number of benzene rings is 1. The molecule has 1 aliphatic rings. The maximum absolute atomic E-state index is 13.2. The third-order valence-electron chi connectivity index (χ3n) is 5.95. The summed E-state index contributed by atoms with van der Waals surface area (Å²) >= 11 is 0. The quantitative estimate of drug-likeness (QED) is 0.424. The molecule has 1 aromatic carbocycles. The molecular formula is C25H32N6O3. The number of aliphatic hydroxyl groups is 1. The van der Waals surface area contributed by atoms with E-state index >= 15 is 0 Å². The normalized spacial score (nSPS) is 18.6. The van der Waals surface area contributed by atoms with Crippen molar-refractivity contribution in [1.29, 1.82) is 5.41 Å². The zero-order valence-electron chi connectivity index (χ0n) is 20.1. The number of hydrogen-bond acceptors (Lipinski definition) is 8. The van der Waals surface area contributed by atoms with Crippen LogP contribution < -0.4 is 11.1 Å². The lowest BCUT2D eigenvalue weighted by Gasteiger charge is -2.27. The molecule has 0 saturated heterocycles. The SMILES string of the molecule is Cc1ccc2c(c1)cc(C(=N)c1c(N)ncnc1NC1CCC(O)CC1)n2C(=O)OC(C)(C)C. The minimum atomic E-state index is -0.703. The van der Waals surface area contributed by atoms with Gasteiger partial charge in [-0.3, -0.25) is 5.41 Å². The Morgan fingerprint density at radius 1 is 1.21 bits per heavy atom. The fourth-order valence-electron chi connectivity index (χ4n) is 4.32. The molecule has 0 radical (unpaired) electrons. The van der Waals surface area contributed by atoms with E-state index < -0.39 is 11.7 Å². The first kappa shape index (κ1) is 23.7. The Labute approximate surface area is 198 Å². The molecule has 2 aromatic heterocycles. The van der Waals surface area contributed by atoms with E-state index in [1.807, 2.05) is 25.1 Å². The van der Waals surface area contributed by atoms with Gasteiger partial charge in [-0.2, -0.15) is 0 Å². The number of nitrogen functional groups attached to an aromatic ring is 1. The summed E-state index contributed by atoms with van der Waals surface area (Å²) in [6.07, 6.45) is 3.49. The number of aromatic nitrogens is 3. The lowest BCUT2D eigenvalue weighted by molar-refractivity contribution is 0.0543. The first-order valence-corrected chi connectivity index (χ1v) is 11.5. The number of nitrogens with zero attached hydrogens (tertiary/aromatic N) is 3. The minimum absolute atomic E-state index is 0.0242. The highest BCUT2D eigenvalue weighted by Crippen LogP contribution is 2.30. The highest BCUT2D eigenvalue weighted by molar-refractivity contribution is 6.18. The molecule has 2 heterocycles. The van der Waals surface area contributed by atoms with E-state index in [9.17, 15) is 9.90 Å². The maximum atomic E-state index is 13.2. The molecular weight excluding hydrogens is 432 g/mol. The van der Waals surface area contributed by atoms with E-state index in [0.717, 1.165) is 23.8 Å². The number of carbonyl (C=O) groups is 1. The van der Waals surface area contributed by atoms with Gasteiger partial charge in [0.1, 0.15) is 23.6 Å². The molecule has 4 rings (SSSR count). The van der Waals surface area contributed by atoms with Gasteiger partial charge in [0.2, 0.25) is 0 Å². The molecule has 9 nitrogen and oxygen atoms in total. The molecule has 1 aliphatic carbocycles. The highest BCUT2D eigenvalue weighted by Gasteiger charge is 2.28. The van der Waals surface area contributed by atoms with E-state index in [2.05, 4.69) is 15.3 Å². The number of fused-ring (bicyclic) bond motifs is 1. The van der Waals surface area contributed by atoms with Crippen molar-refractivity contribution >= 4 is 34.3 Å². The lowest BCUT2D eigenvalue weighted by atomic mass is 9.93. The van der Waals surface area contributed by atoms with Gasteiger partial charge in [0, 0.05) is 11.4 Å². The van der Waals surface area contributed by atoms with Crippen LogP contribution in [0.4, 0.5) is 16.4 Å². The molecule has 0 unspecified atom stereocenters. The second-order valence-corrected chi connectivity index (χ2v) is 9.91. The highest BCUT2D eigenvalue weighted by atomic mass is 16.6. The predicted octanol–water partition coefficient (Wildman–Crippen LogP) is 4.24. The van der Waals surface area contributed by atoms with Gasteiger partial charge in [-0.1, -0.05) is 11.6 Å². The van der Waals surface area contributed by atoms with Crippen LogP contribution in [0.25, 0.3) is 10.9 Å². The number of nitrogens with one attached hydrogen (secondary N) is 2. The number of anilines is 2. The Kier molecular flexibility index (Phi) is 6.31. The first-order valence-electron chi connectivity index (χ1n) is 11.5. The molecule has 34 heavy (non-hydrogen) atoms. The van der Waals surface area contributed by atoms with Crippen LogP contribution in [-0.4, -0.2) is 49.2 Å². The van der Waals surface area contributed by atoms with Crippen molar-refractivity contribution in [3.05, 3.63) is 47.4 Å². The van der Waals surface area contributed by atoms with Crippen molar-refractivity contribution in [2.45, 2.75) is 71.1 Å². The summed E-state index contributed by atoms with van der Waals surface area (Å²) < 4.78 is 7.08. The van der Waals surface area contributed by atoms with Crippen LogP contribution in [-0.2, 0) is 4.74 Å². The Morgan fingerprint density at radius 2 is 1.91 bits per heavy atom. The van der Waals surface area contributed by atoms with Crippen LogP contribution in [0.15, 0.2) is 30.6 Å². The molecule has 0 atom stereocenters. The average Bonchev–Trinajstić information content (AvgIpc) is 3.12. The third-order valence-corrected chi connectivity index (χ3v) is 5.95. The zero-order valence-corrected chi connectivity index (χ0v) is 20.1. The summed E-state index contributed by atoms with van der Waals surface area (Å²) in [4.78, 5) is 21.7. The number of aryl methyl sites for hydroxylation is 1. The molecule has 5 N–H and O–H groups in total. The average molecular weight is 465 g/mol. The van der Waals surface area contributed by atoms with Gasteiger partial charge in [-0.05, 0) is 71.6 Å². The molecule has 1 saturated carbocycles. The van der Waals surface area contributed by atoms with E-state index in [0.29, 0.717) is 35.4 Å². The zero-order chi connectivity index (χ0) is 24.6. The van der Waals surface area contributed by atoms with E-state index in [1.165, 1.54) is 10.9 Å². The predicted molar refractivity (Wildman–Crippen MR) is 133 cm³/mol. The Balaban J connectivity index is 1.79. The van der Waals surface area contributed by atoms with Gasteiger partial charge in [-0.25, -0.2) is 19.3 Å². The molecule has 0 bridgehead atoms. The summed E-state index contributed by atoms with van der Waals surface area (Å²) in [5.74, 6) is 0.589. The second-order valence-electron chi connectivity index (χ2n) is 9.91. The van der Waals surface area contributed by atoms with Crippen LogP contribution in [0.5, 0.6) is 0 Å². The van der Waals surface area contributed by atoms with Crippen LogP contribution in [0.2, 0.25) is 0 Å². The monoisotopic (exact) mass is 464 g/mol. The van der Waals surface area contributed by atoms with Gasteiger partial charge in [-0.15, -0.1) is 0 Å². The standard InChI is InChI=1S/C25H32N6O3/c1-14-5-10-18-15(11-14)12-19(31(18)24(33)34-25(2,3)4)21(26)20-22(27)28-13-29-23(20)30-16-6-8-17(32)9-7-16/h5,10-13,16-17,26,32H,6-9H2,1-4H3,(H3,27,28,29,30). The smallest absolute Gasteiger partial charge is 0.419 e. The molecule has 9 heteroatoms. The fourth-order valence-corrected chi connectivity index (χ4v) is 4.32. The van der Waals surface area contributed by atoms with Crippen molar-refractivity contribution in [2.75, 3.05) is 11.1 Å². The molecule has 1 fully saturated rings. The minimum Gasteiger partial charge on any atom is -0.443 e. The van der Waals surface area contributed by atoms with Crippen molar-refractivity contribution < 1.29 is 14.6 Å². The van der Waals surface area contributed by atoms with Crippen molar-refractivity contribution in [1.82, 2.24) is 14.5 Å². The van der Waals surface area contributed by atoms with Gasteiger partial charge in [0.05, 0.1) is 28.6 Å². The van der Waals surface area contributed by atoms with Crippen molar-refractivity contribution in [2.24, 2.45) is 0 Å². The third kappa shape index (κ3) is 4.89. The van der Waals surface area contributed by atoms with Gasteiger partial charge < -0.3 is 20.9 Å². The van der Waals surface area contributed by atoms with Crippen LogP contribution in [0, 0.1) is 12.3 Å². The molecule has 180 valence electrons. The van der Waals surface area contributed by atoms with Crippen LogP contribution >= 0.6 is 0 Å². The van der Waals surface area contributed by atoms with Crippen molar-refractivity contribution in [3.8, 4) is 0 Å². The van der Waals surface area contributed by atoms with Crippen LogP contribution in [0.1, 0.15) is 63.3 Å². The summed E-state index contributed by atoms with van der Waals surface area (Å²) in [6.45, 7) is 7.38. The Hall–Kier alpha value is -3.46. The number of aliphatic hydroxyl groups excluding tert-OH is 1. The number of rotatable bonds is 4. The van der Waals surface area contributed by atoms with Crippen molar-refractivity contribution in [3.63, 3.8) is 0 Å². The second kappa shape index (κ2) is 9.06. The van der Waals surface area contributed by atoms with Gasteiger partial charge in [0.15, 0.2) is 0 Å². The maximum Gasteiger partial charge on any atom is 0.419 e. The summed E-state index contributed by atoms with van der Waals surface area (Å²) in [6, 6.07) is 7.62. The first-order chi connectivity index (χ1) is 16.0. The van der Waals surface area contributed by atoms with E-state index in [-0.39, 0.29) is 23.7 Å². The molecule has 0 spiro atoms. The number of hydrogen-bond donors (Lipinski definition) is 4. The van der Waals surface area contributed by atoms with Gasteiger partial charge in [0.25, 0.3) is 0 Å². The lowest BCUT2D eigenvalue weighted by Crippen LogP contribution is -2.30. The number of nitrogens with two attached hydrogens (primary N) is 1. The Morgan fingerprint density at radius 3 is 2.59 bits per heavy atom. The summed E-state index contributed by atoms with van der Waals surface area (Å²) in [5.41, 5.74) is 7.92. The summed E-state index contributed by atoms with van der Waals surface area (Å²) in [7, 11) is 0. The Bertz CT molecular complexity index is 1240. The largest absolute Gasteiger partial charge is 0.443 e.